The maximum atomic E-state index is 14.5. The lowest BCUT2D eigenvalue weighted by molar-refractivity contribution is -0.125. The smallest absolute Gasteiger partial charge is 0.275 e. The van der Waals surface area contributed by atoms with E-state index in [-0.39, 0.29) is 24.8 Å². The zero-order valence-electron chi connectivity index (χ0n) is 19.6. The highest BCUT2D eigenvalue weighted by molar-refractivity contribution is 6.31. The van der Waals surface area contributed by atoms with Crippen LogP contribution in [0, 0.1) is 11.7 Å². The van der Waals surface area contributed by atoms with E-state index in [0.717, 1.165) is 24.1 Å². The van der Waals surface area contributed by atoms with Crippen molar-refractivity contribution in [3.8, 4) is 17.0 Å². The van der Waals surface area contributed by atoms with E-state index in [1.54, 1.807) is 55.1 Å². The summed E-state index contributed by atoms with van der Waals surface area (Å²) in [5.74, 6) is -0.0347. The van der Waals surface area contributed by atoms with Crippen molar-refractivity contribution in [1.29, 1.82) is 0 Å². The molecule has 1 aromatic heterocycles. The van der Waals surface area contributed by atoms with Gasteiger partial charge in [-0.25, -0.2) is 4.39 Å². The Morgan fingerprint density at radius 1 is 1.29 bits per heavy atom. The third-order valence-corrected chi connectivity index (χ3v) is 6.82. The van der Waals surface area contributed by atoms with E-state index in [1.165, 1.54) is 11.0 Å². The van der Waals surface area contributed by atoms with Crippen molar-refractivity contribution in [2.75, 3.05) is 6.54 Å². The Morgan fingerprint density at radius 3 is 2.80 bits per heavy atom. The Balaban J connectivity index is 1.50. The van der Waals surface area contributed by atoms with Crippen LogP contribution in [-0.2, 0) is 25.0 Å². The van der Waals surface area contributed by atoms with Crippen LogP contribution in [0.4, 0.5) is 4.39 Å². The molecular formula is C26H26ClFN4O3. The number of amides is 2. The molecule has 1 atom stereocenters. The molecular weight excluding hydrogens is 471 g/mol. The Morgan fingerprint density at radius 2 is 2.06 bits per heavy atom. The number of nitrogens with zero attached hydrogens (tertiary/aromatic N) is 3. The van der Waals surface area contributed by atoms with Crippen LogP contribution in [0.25, 0.3) is 11.3 Å². The molecule has 3 aromatic rings. The number of fused-ring (bicyclic) bond motifs is 3. The highest BCUT2D eigenvalue weighted by Gasteiger charge is 2.35. The number of ether oxygens (including phenoxy) is 1. The number of hydrogen-bond donors (Lipinski definition) is 1. The lowest BCUT2D eigenvalue weighted by Crippen LogP contribution is -2.48. The standard InChI is InChI=1S/C26H26ClFN4O3/c1-15(25(33)29-12-16-7-8-16)32(13-17-5-3-4-6-21(17)28)26(34)23-20-14-35-22-10-9-18(27)11-19(22)24(20)31(2)30-23/h3-6,9-11,15-16H,7-8,12-14H2,1-2H3,(H,29,33). The predicted octanol–water partition coefficient (Wildman–Crippen LogP) is 4.33. The van der Waals surface area contributed by atoms with Crippen LogP contribution in [0.5, 0.6) is 5.75 Å². The molecule has 1 unspecified atom stereocenters. The first-order chi connectivity index (χ1) is 16.8. The van der Waals surface area contributed by atoms with Gasteiger partial charge in [-0.3, -0.25) is 14.3 Å². The Labute approximate surface area is 207 Å². The third kappa shape index (κ3) is 4.62. The molecule has 182 valence electrons. The number of carbonyl (C=O) groups excluding carboxylic acids is 2. The van der Waals surface area contributed by atoms with E-state index < -0.39 is 17.8 Å². The second-order valence-corrected chi connectivity index (χ2v) is 9.55. The number of aromatic nitrogens is 2. The van der Waals surface area contributed by atoms with Crippen molar-refractivity contribution in [3.05, 3.63) is 70.1 Å². The molecule has 1 N–H and O–H groups in total. The molecule has 2 aliphatic rings. The van der Waals surface area contributed by atoms with Gasteiger partial charge in [0.05, 0.1) is 5.69 Å². The molecule has 1 saturated carbocycles. The van der Waals surface area contributed by atoms with E-state index in [0.29, 0.717) is 34.4 Å². The van der Waals surface area contributed by atoms with Crippen LogP contribution in [-0.4, -0.2) is 39.1 Å². The average Bonchev–Trinajstić information content (AvgIpc) is 3.62. The van der Waals surface area contributed by atoms with Crippen LogP contribution in [0.2, 0.25) is 5.02 Å². The molecule has 1 aliphatic heterocycles. The van der Waals surface area contributed by atoms with E-state index in [4.69, 9.17) is 16.3 Å². The number of benzene rings is 2. The lowest BCUT2D eigenvalue weighted by atomic mass is 10.0. The number of aryl methyl sites for hydroxylation is 1. The molecule has 0 saturated heterocycles. The summed E-state index contributed by atoms with van der Waals surface area (Å²) in [4.78, 5) is 28.2. The monoisotopic (exact) mass is 496 g/mol. The van der Waals surface area contributed by atoms with Gasteiger partial charge < -0.3 is 15.0 Å². The van der Waals surface area contributed by atoms with Gasteiger partial charge in [-0.2, -0.15) is 5.10 Å². The maximum Gasteiger partial charge on any atom is 0.275 e. The van der Waals surface area contributed by atoms with Gasteiger partial charge in [-0.05, 0) is 49.9 Å². The van der Waals surface area contributed by atoms with Crippen molar-refractivity contribution >= 4 is 23.4 Å². The van der Waals surface area contributed by atoms with Crippen molar-refractivity contribution in [2.45, 2.75) is 39.0 Å². The Bertz CT molecular complexity index is 1300. The summed E-state index contributed by atoms with van der Waals surface area (Å²) in [5, 5.41) is 7.97. The van der Waals surface area contributed by atoms with E-state index in [2.05, 4.69) is 10.4 Å². The SMILES string of the molecule is CC(C(=O)NCC1CC1)N(Cc1ccccc1F)C(=O)c1nn(C)c2c1COc1ccc(Cl)cc1-2. The first-order valence-electron chi connectivity index (χ1n) is 11.6. The Hall–Kier alpha value is -3.39. The second kappa shape index (κ2) is 9.34. The number of carbonyl (C=O) groups is 2. The second-order valence-electron chi connectivity index (χ2n) is 9.12. The molecule has 9 heteroatoms. The highest BCUT2D eigenvalue weighted by Crippen LogP contribution is 2.40. The van der Waals surface area contributed by atoms with Crippen LogP contribution < -0.4 is 10.1 Å². The molecule has 2 heterocycles. The van der Waals surface area contributed by atoms with Gasteiger partial charge in [-0.15, -0.1) is 0 Å². The van der Waals surface area contributed by atoms with Crippen LogP contribution >= 0.6 is 11.6 Å². The molecule has 2 amide bonds. The molecule has 7 nitrogen and oxygen atoms in total. The summed E-state index contributed by atoms with van der Waals surface area (Å²) >= 11 is 6.21. The highest BCUT2D eigenvalue weighted by atomic mass is 35.5. The van der Waals surface area contributed by atoms with E-state index in [9.17, 15) is 14.0 Å². The first kappa shape index (κ1) is 23.4. The molecule has 5 rings (SSSR count). The third-order valence-electron chi connectivity index (χ3n) is 6.58. The predicted molar refractivity (Wildman–Crippen MR) is 129 cm³/mol. The van der Waals surface area contributed by atoms with Gasteiger partial charge in [0.1, 0.15) is 24.2 Å². The van der Waals surface area contributed by atoms with E-state index in [1.807, 2.05) is 0 Å². The van der Waals surface area contributed by atoms with Crippen LogP contribution in [0.3, 0.4) is 0 Å². The zero-order valence-corrected chi connectivity index (χ0v) is 20.3. The molecule has 0 radical (unpaired) electrons. The fourth-order valence-corrected chi connectivity index (χ4v) is 4.54. The van der Waals surface area contributed by atoms with Crippen molar-refractivity contribution < 1.29 is 18.7 Å². The maximum absolute atomic E-state index is 14.5. The summed E-state index contributed by atoms with van der Waals surface area (Å²) in [7, 11) is 1.75. The van der Waals surface area contributed by atoms with Crippen LogP contribution in [0.15, 0.2) is 42.5 Å². The quantitative estimate of drug-likeness (QED) is 0.528. The van der Waals surface area contributed by atoms with Gasteiger partial charge in [-0.1, -0.05) is 29.8 Å². The molecule has 0 spiro atoms. The first-order valence-corrected chi connectivity index (χ1v) is 12.0. The Kier molecular flexibility index (Phi) is 6.23. The number of halogens is 2. The summed E-state index contributed by atoms with van der Waals surface area (Å²) < 4.78 is 22.0. The van der Waals surface area contributed by atoms with Crippen molar-refractivity contribution in [3.63, 3.8) is 0 Å². The molecule has 1 fully saturated rings. The zero-order chi connectivity index (χ0) is 24.7. The number of rotatable bonds is 7. The fraction of sp³-hybridized carbons (Fsp3) is 0.346. The van der Waals surface area contributed by atoms with Gasteiger partial charge >= 0.3 is 0 Å². The largest absolute Gasteiger partial charge is 0.488 e. The summed E-state index contributed by atoms with van der Waals surface area (Å²) in [5.41, 5.74) is 2.57. The van der Waals surface area contributed by atoms with Gasteiger partial charge in [0.15, 0.2) is 5.69 Å². The molecule has 2 aromatic carbocycles. The summed E-state index contributed by atoms with van der Waals surface area (Å²) in [6.45, 7) is 2.31. The van der Waals surface area contributed by atoms with Crippen LogP contribution in [0.1, 0.15) is 41.4 Å². The van der Waals surface area contributed by atoms with Crippen molar-refractivity contribution in [2.24, 2.45) is 13.0 Å². The number of hydrogen-bond acceptors (Lipinski definition) is 4. The molecule has 1 aliphatic carbocycles. The molecule has 35 heavy (non-hydrogen) atoms. The van der Waals surface area contributed by atoms with Gasteiger partial charge in [0.2, 0.25) is 5.91 Å². The fourth-order valence-electron chi connectivity index (χ4n) is 4.36. The topological polar surface area (TPSA) is 76.5 Å². The normalized spacial score (nSPS) is 15.0. The van der Waals surface area contributed by atoms with Gasteiger partial charge in [0, 0.05) is 41.9 Å². The lowest BCUT2D eigenvalue weighted by Gasteiger charge is -2.29. The van der Waals surface area contributed by atoms with Crippen molar-refractivity contribution in [1.82, 2.24) is 20.0 Å². The number of nitrogens with one attached hydrogen (secondary N) is 1. The summed E-state index contributed by atoms with van der Waals surface area (Å²) in [6, 6.07) is 10.7. The minimum atomic E-state index is -0.829. The van der Waals surface area contributed by atoms with E-state index >= 15 is 0 Å². The average molecular weight is 497 g/mol. The minimum absolute atomic E-state index is 0.0713. The molecule has 0 bridgehead atoms. The summed E-state index contributed by atoms with van der Waals surface area (Å²) in [6.07, 6.45) is 2.19. The van der Waals surface area contributed by atoms with Gasteiger partial charge in [0.25, 0.3) is 5.91 Å². The minimum Gasteiger partial charge on any atom is -0.488 e.